The molecule has 0 spiro atoms. The molecule has 0 aliphatic carbocycles. The van der Waals surface area contributed by atoms with Crippen molar-refractivity contribution in [3.05, 3.63) is 101 Å². The highest BCUT2D eigenvalue weighted by Crippen LogP contribution is 2.24. The minimum absolute atomic E-state index is 0.246. The van der Waals surface area contributed by atoms with Gasteiger partial charge in [-0.25, -0.2) is 4.68 Å². The van der Waals surface area contributed by atoms with Crippen LogP contribution in [0.15, 0.2) is 84.9 Å². The molecular formula is C23H18ClN3O. The lowest BCUT2D eigenvalue weighted by atomic mass is 10.1. The summed E-state index contributed by atoms with van der Waals surface area (Å²) >= 11 is 6.09. The molecule has 0 saturated carbocycles. The van der Waals surface area contributed by atoms with Crippen molar-refractivity contribution in [1.82, 2.24) is 9.78 Å². The van der Waals surface area contributed by atoms with Gasteiger partial charge in [-0.05, 0) is 42.8 Å². The molecule has 4 aromatic rings. The van der Waals surface area contributed by atoms with Crippen LogP contribution >= 0.6 is 11.6 Å². The molecule has 0 bridgehead atoms. The van der Waals surface area contributed by atoms with Crippen molar-refractivity contribution in [1.29, 1.82) is 0 Å². The zero-order valence-electron chi connectivity index (χ0n) is 15.3. The smallest absolute Gasteiger partial charge is 0.274 e. The summed E-state index contributed by atoms with van der Waals surface area (Å²) in [7, 11) is 0. The summed E-state index contributed by atoms with van der Waals surface area (Å²) < 4.78 is 1.66. The van der Waals surface area contributed by atoms with Gasteiger partial charge in [-0.3, -0.25) is 4.79 Å². The molecule has 1 amide bonds. The van der Waals surface area contributed by atoms with Gasteiger partial charge in [-0.2, -0.15) is 5.10 Å². The van der Waals surface area contributed by atoms with Crippen LogP contribution in [0.2, 0.25) is 5.02 Å². The Labute approximate surface area is 168 Å². The van der Waals surface area contributed by atoms with Crippen molar-refractivity contribution in [2.45, 2.75) is 6.92 Å². The van der Waals surface area contributed by atoms with E-state index >= 15 is 0 Å². The summed E-state index contributed by atoms with van der Waals surface area (Å²) in [6.45, 7) is 1.93. The Hall–Kier alpha value is -3.37. The molecule has 1 heterocycles. The Morgan fingerprint density at radius 1 is 0.929 bits per heavy atom. The van der Waals surface area contributed by atoms with Crippen LogP contribution in [0.1, 0.15) is 16.1 Å². The first kappa shape index (κ1) is 18.0. The van der Waals surface area contributed by atoms with E-state index in [1.165, 1.54) is 0 Å². The summed E-state index contributed by atoms with van der Waals surface area (Å²) in [5.41, 5.74) is 4.57. The molecule has 138 valence electrons. The first-order chi connectivity index (χ1) is 13.6. The third kappa shape index (κ3) is 3.68. The van der Waals surface area contributed by atoms with Crippen molar-refractivity contribution in [2.24, 2.45) is 0 Å². The number of carbonyl (C=O) groups is 1. The second kappa shape index (κ2) is 7.71. The van der Waals surface area contributed by atoms with Gasteiger partial charge in [0.05, 0.1) is 11.4 Å². The van der Waals surface area contributed by atoms with Crippen molar-refractivity contribution < 1.29 is 4.79 Å². The second-order valence-corrected chi connectivity index (χ2v) is 6.88. The molecule has 4 rings (SSSR count). The lowest BCUT2D eigenvalue weighted by molar-refractivity contribution is 0.101. The van der Waals surface area contributed by atoms with Crippen molar-refractivity contribution in [3.8, 4) is 16.9 Å². The summed E-state index contributed by atoms with van der Waals surface area (Å²) in [4.78, 5) is 13.1. The first-order valence-corrected chi connectivity index (χ1v) is 9.28. The van der Waals surface area contributed by atoms with E-state index in [0.29, 0.717) is 16.4 Å². The minimum atomic E-state index is -0.246. The van der Waals surface area contributed by atoms with Crippen LogP contribution < -0.4 is 5.32 Å². The van der Waals surface area contributed by atoms with Gasteiger partial charge in [0, 0.05) is 16.3 Å². The number of aryl methyl sites for hydroxylation is 1. The molecule has 0 atom stereocenters. The van der Waals surface area contributed by atoms with Crippen LogP contribution in [-0.4, -0.2) is 15.7 Å². The predicted octanol–water partition coefficient (Wildman–Crippen LogP) is 5.75. The van der Waals surface area contributed by atoms with Gasteiger partial charge < -0.3 is 5.32 Å². The average molecular weight is 388 g/mol. The quantitative estimate of drug-likeness (QED) is 0.484. The minimum Gasteiger partial charge on any atom is -0.320 e. The number of anilines is 1. The Bertz CT molecular complexity index is 1120. The number of para-hydroxylation sites is 1. The van der Waals surface area contributed by atoms with Crippen molar-refractivity contribution in [3.63, 3.8) is 0 Å². The molecule has 0 saturated heterocycles. The Kier molecular flexibility index (Phi) is 4.96. The normalized spacial score (nSPS) is 10.6. The molecule has 3 aromatic carbocycles. The number of hydrogen-bond acceptors (Lipinski definition) is 2. The number of hydrogen-bond donors (Lipinski definition) is 1. The Balaban J connectivity index is 1.77. The number of carbonyl (C=O) groups excluding carboxylic acids is 1. The summed E-state index contributed by atoms with van der Waals surface area (Å²) in [6.07, 6.45) is 0. The molecule has 1 aromatic heterocycles. The number of amides is 1. The Morgan fingerprint density at radius 2 is 1.61 bits per heavy atom. The highest BCUT2D eigenvalue weighted by molar-refractivity contribution is 6.31. The SMILES string of the molecule is Cc1ccc(Cl)cc1NC(=O)c1cc(-c2ccccc2)nn1-c1ccccc1. The molecule has 1 N–H and O–H groups in total. The van der Waals surface area contributed by atoms with Crippen molar-refractivity contribution in [2.75, 3.05) is 5.32 Å². The molecule has 0 radical (unpaired) electrons. The van der Waals surface area contributed by atoms with Gasteiger partial charge in [0.1, 0.15) is 5.69 Å². The largest absolute Gasteiger partial charge is 0.320 e. The van der Waals surface area contributed by atoms with Gasteiger partial charge in [-0.1, -0.05) is 66.2 Å². The first-order valence-electron chi connectivity index (χ1n) is 8.90. The van der Waals surface area contributed by atoms with Gasteiger partial charge in [0.2, 0.25) is 0 Å². The third-order valence-electron chi connectivity index (χ3n) is 4.46. The fraction of sp³-hybridized carbons (Fsp3) is 0.0435. The van der Waals surface area contributed by atoms with Gasteiger partial charge >= 0.3 is 0 Å². The molecule has 0 unspecified atom stereocenters. The van der Waals surface area contributed by atoms with Crippen LogP contribution in [0, 0.1) is 6.92 Å². The van der Waals surface area contributed by atoms with E-state index in [1.807, 2.05) is 73.7 Å². The number of rotatable bonds is 4. The number of halogens is 1. The average Bonchev–Trinajstić information content (AvgIpc) is 3.18. The number of nitrogens with one attached hydrogen (secondary N) is 1. The van der Waals surface area contributed by atoms with E-state index < -0.39 is 0 Å². The van der Waals surface area contributed by atoms with Crippen molar-refractivity contribution >= 4 is 23.2 Å². The summed E-state index contributed by atoms with van der Waals surface area (Å²) in [6, 6.07) is 26.6. The fourth-order valence-corrected chi connectivity index (χ4v) is 3.15. The topological polar surface area (TPSA) is 46.9 Å². The van der Waals surface area contributed by atoms with E-state index in [2.05, 4.69) is 10.4 Å². The molecule has 0 aliphatic heterocycles. The highest BCUT2D eigenvalue weighted by Gasteiger charge is 2.18. The van der Waals surface area contributed by atoms with E-state index in [9.17, 15) is 4.79 Å². The maximum Gasteiger partial charge on any atom is 0.274 e. The van der Waals surface area contributed by atoms with E-state index in [4.69, 9.17) is 11.6 Å². The zero-order chi connectivity index (χ0) is 19.5. The van der Waals surface area contributed by atoms with Crippen LogP contribution in [-0.2, 0) is 0 Å². The molecule has 28 heavy (non-hydrogen) atoms. The molecule has 0 fully saturated rings. The monoisotopic (exact) mass is 387 g/mol. The maximum atomic E-state index is 13.1. The van der Waals surface area contributed by atoms with E-state index in [0.717, 1.165) is 22.5 Å². The fourth-order valence-electron chi connectivity index (χ4n) is 2.97. The highest BCUT2D eigenvalue weighted by atomic mass is 35.5. The van der Waals surface area contributed by atoms with Crippen LogP contribution in [0.3, 0.4) is 0 Å². The van der Waals surface area contributed by atoms with E-state index in [1.54, 1.807) is 22.9 Å². The number of nitrogens with zero attached hydrogens (tertiary/aromatic N) is 2. The van der Waals surface area contributed by atoms with Crippen LogP contribution in [0.5, 0.6) is 0 Å². The number of aromatic nitrogens is 2. The summed E-state index contributed by atoms with van der Waals surface area (Å²) in [5, 5.41) is 8.21. The summed E-state index contributed by atoms with van der Waals surface area (Å²) in [5.74, 6) is -0.246. The molecular weight excluding hydrogens is 370 g/mol. The lowest BCUT2D eigenvalue weighted by Gasteiger charge is -2.10. The maximum absolute atomic E-state index is 13.1. The van der Waals surface area contributed by atoms with Crippen LogP contribution in [0.4, 0.5) is 5.69 Å². The standard InChI is InChI=1S/C23H18ClN3O/c1-16-12-13-18(24)14-20(16)25-23(28)22-15-21(17-8-4-2-5-9-17)26-27(22)19-10-6-3-7-11-19/h2-15H,1H3,(H,25,28). The lowest BCUT2D eigenvalue weighted by Crippen LogP contribution is -2.17. The van der Waals surface area contributed by atoms with Crippen LogP contribution in [0.25, 0.3) is 16.9 Å². The second-order valence-electron chi connectivity index (χ2n) is 6.44. The number of benzene rings is 3. The molecule has 5 heteroatoms. The third-order valence-corrected chi connectivity index (χ3v) is 4.70. The van der Waals surface area contributed by atoms with Gasteiger partial charge in [-0.15, -0.1) is 0 Å². The van der Waals surface area contributed by atoms with Gasteiger partial charge in [0.25, 0.3) is 5.91 Å². The predicted molar refractivity (Wildman–Crippen MR) is 113 cm³/mol. The molecule has 4 nitrogen and oxygen atoms in total. The zero-order valence-corrected chi connectivity index (χ0v) is 16.0. The molecule has 0 aliphatic rings. The Morgan fingerprint density at radius 3 is 2.32 bits per heavy atom. The van der Waals surface area contributed by atoms with Gasteiger partial charge in [0.15, 0.2) is 0 Å². The van der Waals surface area contributed by atoms with E-state index in [-0.39, 0.29) is 5.91 Å².